The summed E-state index contributed by atoms with van der Waals surface area (Å²) in [5.74, 6) is 0.309. The van der Waals surface area contributed by atoms with Gasteiger partial charge in [0.25, 0.3) is 5.91 Å². The molecular formula is C15H13BrN2O2. The summed E-state index contributed by atoms with van der Waals surface area (Å²) in [6, 6.07) is 9.82. The van der Waals surface area contributed by atoms with Crippen LogP contribution >= 0.6 is 15.9 Å². The third kappa shape index (κ3) is 2.20. The number of para-hydroxylation sites is 1. The summed E-state index contributed by atoms with van der Waals surface area (Å²) < 4.78 is 6.37. The first kappa shape index (κ1) is 13.2. The maximum atomic E-state index is 12.5. The number of rotatable bonds is 1. The number of hydrogen-bond acceptors (Lipinski definition) is 3. The van der Waals surface area contributed by atoms with Gasteiger partial charge in [-0.15, -0.1) is 0 Å². The standard InChI is InChI=1S/C15H13BrN2O2/c16-13-11-3-1-2-4-12(11)20-14(13)15(19)18-7-5-10(9-17)6-8-18/h1-4,10H,5-8H2. The largest absolute Gasteiger partial charge is 0.450 e. The molecule has 1 aromatic heterocycles. The summed E-state index contributed by atoms with van der Waals surface area (Å²) in [7, 11) is 0. The van der Waals surface area contributed by atoms with Crippen LogP contribution in [0.25, 0.3) is 11.0 Å². The van der Waals surface area contributed by atoms with Crippen LogP contribution in [0.15, 0.2) is 33.2 Å². The first-order chi connectivity index (χ1) is 9.70. The van der Waals surface area contributed by atoms with Crippen molar-refractivity contribution in [2.24, 2.45) is 5.92 Å². The molecule has 4 nitrogen and oxygen atoms in total. The zero-order chi connectivity index (χ0) is 14.1. The summed E-state index contributed by atoms with van der Waals surface area (Å²) in [4.78, 5) is 14.3. The summed E-state index contributed by atoms with van der Waals surface area (Å²) in [5.41, 5.74) is 0.703. The van der Waals surface area contributed by atoms with Gasteiger partial charge in [-0.1, -0.05) is 12.1 Å². The number of likely N-dealkylation sites (tertiary alicyclic amines) is 1. The van der Waals surface area contributed by atoms with E-state index in [-0.39, 0.29) is 11.8 Å². The Morgan fingerprint density at radius 1 is 1.35 bits per heavy atom. The normalized spacial score (nSPS) is 16.3. The molecule has 0 unspecified atom stereocenters. The Balaban J connectivity index is 1.86. The van der Waals surface area contributed by atoms with Gasteiger partial charge in [0.05, 0.1) is 10.5 Å². The zero-order valence-electron chi connectivity index (χ0n) is 10.8. The van der Waals surface area contributed by atoms with Crippen molar-refractivity contribution in [3.63, 3.8) is 0 Å². The van der Waals surface area contributed by atoms with Crippen molar-refractivity contribution < 1.29 is 9.21 Å². The number of carbonyl (C=O) groups excluding carboxylic acids is 1. The van der Waals surface area contributed by atoms with E-state index in [1.807, 2.05) is 24.3 Å². The maximum Gasteiger partial charge on any atom is 0.290 e. The molecule has 0 aliphatic carbocycles. The minimum absolute atomic E-state index is 0.0677. The van der Waals surface area contributed by atoms with Gasteiger partial charge in [-0.05, 0) is 40.9 Å². The van der Waals surface area contributed by atoms with E-state index in [0.717, 1.165) is 18.2 Å². The molecule has 0 radical (unpaired) electrons. The Morgan fingerprint density at radius 2 is 2.05 bits per heavy atom. The molecule has 20 heavy (non-hydrogen) atoms. The van der Waals surface area contributed by atoms with Crippen LogP contribution in [0.3, 0.4) is 0 Å². The Morgan fingerprint density at radius 3 is 2.70 bits per heavy atom. The fraction of sp³-hybridized carbons (Fsp3) is 0.333. The van der Waals surface area contributed by atoms with Gasteiger partial charge in [-0.2, -0.15) is 5.26 Å². The van der Waals surface area contributed by atoms with E-state index in [0.29, 0.717) is 28.9 Å². The quantitative estimate of drug-likeness (QED) is 0.802. The molecule has 1 aromatic carbocycles. The number of halogens is 1. The zero-order valence-corrected chi connectivity index (χ0v) is 12.4. The number of hydrogen-bond donors (Lipinski definition) is 0. The maximum absolute atomic E-state index is 12.5. The predicted molar refractivity (Wildman–Crippen MR) is 78.2 cm³/mol. The molecular weight excluding hydrogens is 320 g/mol. The van der Waals surface area contributed by atoms with Crippen molar-refractivity contribution in [1.29, 1.82) is 5.26 Å². The van der Waals surface area contributed by atoms with Crippen molar-refractivity contribution in [3.05, 3.63) is 34.5 Å². The Hall–Kier alpha value is -1.80. The average molecular weight is 333 g/mol. The lowest BCUT2D eigenvalue weighted by atomic mass is 9.98. The number of nitrogens with zero attached hydrogens (tertiary/aromatic N) is 2. The molecule has 0 saturated carbocycles. The number of benzene rings is 1. The predicted octanol–water partition coefficient (Wildman–Crippen LogP) is 3.57. The molecule has 2 aromatic rings. The van der Waals surface area contributed by atoms with Crippen LogP contribution in [0.4, 0.5) is 0 Å². The smallest absolute Gasteiger partial charge is 0.290 e. The van der Waals surface area contributed by atoms with Crippen LogP contribution in [-0.2, 0) is 0 Å². The lowest BCUT2D eigenvalue weighted by Crippen LogP contribution is -2.38. The lowest BCUT2D eigenvalue weighted by molar-refractivity contribution is 0.0676. The second kappa shape index (κ2) is 5.29. The van der Waals surface area contributed by atoms with Crippen molar-refractivity contribution in [1.82, 2.24) is 4.90 Å². The summed E-state index contributed by atoms with van der Waals surface area (Å²) in [5, 5.41) is 9.80. The van der Waals surface area contributed by atoms with Gasteiger partial charge in [-0.25, -0.2) is 0 Å². The van der Waals surface area contributed by atoms with Gasteiger partial charge in [-0.3, -0.25) is 4.79 Å². The Bertz CT molecular complexity index is 693. The number of amides is 1. The SMILES string of the molecule is N#CC1CCN(C(=O)c2oc3ccccc3c2Br)CC1. The van der Waals surface area contributed by atoms with Gasteiger partial charge in [0.2, 0.25) is 5.76 Å². The van der Waals surface area contributed by atoms with Gasteiger partial charge in [0.1, 0.15) is 5.58 Å². The number of carbonyl (C=O) groups is 1. The molecule has 2 heterocycles. The molecule has 1 saturated heterocycles. The van der Waals surface area contributed by atoms with Crippen molar-refractivity contribution >= 4 is 32.8 Å². The molecule has 1 fully saturated rings. The molecule has 5 heteroatoms. The average Bonchev–Trinajstić information content (AvgIpc) is 2.84. The topological polar surface area (TPSA) is 57.2 Å². The number of nitriles is 1. The molecule has 3 rings (SSSR count). The van der Waals surface area contributed by atoms with E-state index >= 15 is 0 Å². The van der Waals surface area contributed by atoms with Crippen LogP contribution < -0.4 is 0 Å². The molecule has 1 aliphatic heterocycles. The lowest BCUT2D eigenvalue weighted by Gasteiger charge is -2.28. The van der Waals surface area contributed by atoms with E-state index in [9.17, 15) is 4.79 Å². The molecule has 0 bridgehead atoms. The Kier molecular flexibility index (Phi) is 3.49. The minimum atomic E-state index is -0.107. The fourth-order valence-corrected chi connectivity index (χ4v) is 3.08. The van der Waals surface area contributed by atoms with Crippen molar-refractivity contribution in [3.8, 4) is 6.07 Å². The van der Waals surface area contributed by atoms with E-state index in [1.165, 1.54) is 0 Å². The van der Waals surface area contributed by atoms with Gasteiger partial charge < -0.3 is 9.32 Å². The van der Waals surface area contributed by atoms with E-state index in [4.69, 9.17) is 9.68 Å². The van der Waals surface area contributed by atoms with Crippen LogP contribution in [0.5, 0.6) is 0 Å². The van der Waals surface area contributed by atoms with Crippen LogP contribution in [0.1, 0.15) is 23.4 Å². The molecule has 1 amide bonds. The van der Waals surface area contributed by atoms with Crippen LogP contribution in [-0.4, -0.2) is 23.9 Å². The van der Waals surface area contributed by atoms with E-state index in [2.05, 4.69) is 22.0 Å². The summed E-state index contributed by atoms with van der Waals surface area (Å²) >= 11 is 3.45. The van der Waals surface area contributed by atoms with Crippen molar-refractivity contribution in [2.75, 3.05) is 13.1 Å². The van der Waals surface area contributed by atoms with E-state index < -0.39 is 0 Å². The highest BCUT2D eigenvalue weighted by atomic mass is 79.9. The highest BCUT2D eigenvalue weighted by Gasteiger charge is 2.27. The van der Waals surface area contributed by atoms with Crippen LogP contribution in [0.2, 0.25) is 0 Å². The highest BCUT2D eigenvalue weighted by Crippen LogP contribution is 2.32. The second-order valence-corrected chi connectivity index (χ2v) is 5.73. The first-order valence-corrected chi connectivity index (χ1v) is 7.36. The molecule has 0 atom stereocenters. The molecule has 0 spiro atoms. The number of piperidine rings is 1. The van der Waals surface area contributed by atoms with Crippen LogP contribution in [0, 0.1) is 17.2 Å². The highest BCUT2D eigenvalue weighted by molar-refractivity contribution is 9.10. The summed E-state index contributed by atoms with van der Waals surface area (Å²) in [6.45, 7) is 1.22. The fourth-order valence-electron chi connectivity index (χ4n) is 2.51. The molecule has 0 N–H and O–H groups in total. The summed E-state index contributed by atoms with van der Waals surface area (Å²) in [6.07, 6.45) is 1.47. The number of fused-ring (bicyclic) bond motifs is 1. The molecule has 102 valence electrons. The monoisotopic (exact) mass is 332 g/mol. The molecule has 1 aliphatic rings. The van der Waals surface area contributed by atoms with Crippen molar-refractivity contribution in [2.45, 2.75) is 12.8 Å². The van der Waals surface area contributed by atoms with Gasteiger partial charge in [0.15, 0.2) is 0 Å². The first-order valence-electron chi connectivity index (χ1n) is 6.56. The Labute approximate surface area is 125 Å². The third-order valence-corrected chi connectivity index (χ3v) is 4.48. The number of furan rings is 1. The second-order valence-electron chi connectivity index (χ2n) is 4.94. The third-order valence-electron chi connectivity index (χ3n) is 3.69. The van der Waals surface area contributed by atoms with E-state index in [1.54, 1.807) is 4.90 Å². The van der Waals surface area contributed by atoms with Gasteiger partial charge in [0, 0.05) is 24.4 Å². The van der Waals surface area contributed by atoms with Gasteiger partial charge >= 0.3 is 0 Å². The minimum Gasteiger partial charge on any atom is -0.450 e.